The normalized spacial score (nSPS) is 20.7. The van der Waals surface area contributed by atoms with Gasteiger partial charge >= 0.3 is 0 Å². The molecule has 1 fully saturated rings. The molecule has 112 valence electrons. The lowest BCUT2D eigenvalue weighted by atomic mass is 9.95. The minimum atomic E-state index is -0.746. The lowest BCUT2D eigenvalue weighted by Crippen LogP contribution is -2.27. The van der Waals surface area contributed by atoms with Crippen LogP contribution in [0.15, 0.2) is 52.5 Å². The number of rotatable bonds is 3. The van der Waals surface area contributed by atoms with Crippen molar-refractivity contribution in [3.05, 3.63) is 64.1 Å². The Bertz CT molecular complexity index is 791. The van der Waals surface area contributed by atoms with Crippen molar-refractivity contribution in [2.75, 3.05) is 0 Å². The summed E-state index contributed by atoms with van der Waals surface area (Å²) in [6.07, 6.45) is 4.39. The Morgan fingerprint density at radius 2 is 2.05 bits per heavy atom. The third kappa shape index (κ3) is 2.05. The maximum Gasteiger partial charge on any atom is 0.223 e. The van der Waals surface area contributed by atoms with Crippen molar-refractivity contribution in [1.82, 2.24) is 4.68 Å². The van der Waals surface area contributed by atoms with E-state index in [2.05, 4.69) is 5.10 Å². The van der Waals surface area contributed by atoms with E-state index in [0.29, 0.717) is 5.69 Å². The first-order valence-corrected chi connectivity index (χ1v) is 7.35. The van der Waals surface area contributed by atoms with Gasteiger partial charge in [0, 0.05) is 23.9 Å². The molecular formula is C17H16N2O3. The predicted octanol–water partition coefficient (Wildman–Crippen LogP) is 2.09. The monoisotopic (exact) mass is 296 g/mol. The highest BCUT2D eigenvalue weighted by Gasteiger charge is 2.52. The molecule has 4 rings (SSSR count). The number of hydrogen-bond acceptors (Lipinski definition) is 4. The third-order valence-corrected chi connectivity index (χ3v) is 4.37. The zero-order valence-corrected chi connectivity index (χ0v) is 12.0. The minimum Gasteiger partial charge on any atom is -0.483 e. The fourth-order valence-corrected chi connectivity index (χ4v) is 2.82. The molecule has 1 aliphatic carbocycles. The van der Waals surface area contributed by atoms with Crippen molar-refractivity contribution >= 4 is 6.21 Å². The fourth-order valence-electron chi connectivity index (χ4n) is 2.82. The Balaban J connectivity index is 1.71. The van der Waals surface area contributed by atoms with E-state index < -0.39 is 6.10 Å². The number of fused-ring (bicyclic) bond motifs is 1. The summed E-state index contributed by atoms with van der Waals surface area (Å²) in [6.45, 7) is 0.288. The Labute approximate surface area is 127 Å². The Kier molecular flexibility index (Phi) is 2.90. The van der Waals surface area contributed by atoms with Crippen molar-refractivity contribution in [1.29, 1.82) is 0 Å². The van der Waals surface area contributed by atoms with Crippen molar-refractivity contribution in [2.24, 2.45) is 10.5 Å². The number of nitrogens with zero attached hydrogens (tertiary/aromatic N) is 2. The van der Waals surface area contributed by atoms with Crippen LogP contribution in [-0.2, 0) is 6.61 Å². The molecule has 1 N–H and O–H groups in total. The molecule has 0 amide bonds. The first-order valence-electron chi connectivity index (χ1n) is 7.35. The van der Waals surface area contributed by atoms with Crippen LogP contribution in [0.1, 0.15) is 30.2 Å². The van der Waals surface area contributed by atoms with Gasteiger partial charge in [-0.15, -0.1) is 0 Å². The van der Waals surface area contributed by atoms with Gasteiger partial charge in [-0.3, -0.25) is 4.79 Å². The number of benzene rings is 1. The Morgan fingerprint density at radius 3 is 2.77 bits per heavy atom. The summed E-state index contributed by atoms with van der Waals surface area (Å²) in [4.78, 5) is 12.2. The highest BCUT2D eigenvalue weighted by atomic mass is 16.5. The van der Waals surface area contributed by atoms with Gasteiger partial charge in [0.1, 0.15) is 18.4 Å². The molecule has 1 aliphatic heterocycles. The Morgan fingerprint density at radius 1 is 1.27 bits per heavy atom. The van der Waals surface area contributed by atoms with Crippen LogP contribution >= 0.6 is 0 Å². The summed E-state index contributed by atoms with van der Waals surface area (Å²) < 4.78 is 7.28. The summed E-state index contributed by atoms with van der Waals surface area (Å²) >= 11 is 0. The van der Waals surface area contributed by atoms with Gasteiger partial charge < -0.3 is 9.84 Å². The zero-order valence-electron chi connectivity index (χ0n) is 12.0. The number of ether oxygens (including phenoxy) is 1. The molecule has 5 heteroatoms. The van der Waals surface area contributed by atoms with Crippen LogP contribution < -0.4 is 10.2 Å². The van der Waals surface area contributed by atoms with Crippen LogP contribution in [-0.4, -0.2) is 16.0 Å². The summed E-state index contributed by atoms with van der Waals surface area (Å²) in [5.74, 6) is 0.196. The first kappa shape index (κ1) is 13.3. The van der Waals surface area contributed by atoms with Gasteiger partial charge in [-0.05, 0) is 18.4 Å². The molecule has 2 aliphatic rings. The average Bonchev–Trinajstić information content (AvgIpc) is 3.32. The summed E-state index contributed by atoms with van der Waals surface area (Å²) in [5, 5.41) is 15.0. The van der Waals surface area contributed by atoms with Gasteiger partial charge in [0.2, 0.25) is 5.43 Å². The molecule has 2 aromatic rings. The van der Waals surface area contributed by atoms with E-state index in [0.717, 1.165) is 18.4 Å². The van der Waals surface area contributed by atoms with Gasteiger partial charge in [0.05, 0.1) is 0 Å². The number of hydrogen-bond donors (Lipinski definition) is 1. The molecule has 1 saturated carbocycles. The highest BCUT2D eigenvalue weighted by molar-refractivity contribution is 5.72. The lowest BCUT2D eigenvalue weighted by Gasteiger charge is -2.27. The molecule has 0 bridgehead atoms. The fraction of sp³-hybridized carbons (Fsp3) is 0.294. The largest absolute Gasteiger partial charge is 0.483 e. The molecule has 2 heterocycles. The van der Waals surface area contributed by atoms with E-state index in [4.69, 9.17) is 4.74 Å². The summed E-state index contributed by atoms with van der Waals surface area (Å²) in [6, 6.07) is 11.1. The number of pyridine rings is 1. The molecular weight excluding hydrogens is 280 g/mol. The van der Waals surface area contributed by atoms with Crippen LogP contribution in [0.3, 0.4) is 0 Å². The van der Waals surface area contributed by atoms with Crippen LogP contribution in [0.5, 0.6) is 5.75 Å². The maximum absolute atomic E-state index is 12.2. The minimum absolute atomic E-state index is 0.196. The molecule has 0 radical (unpaired) electrons. The van der Waals surface area contributed by atoms with Crippen LogP contribution in [0.25, 0.3) is 0 Å². The first-order chi connectivity index (χ1) is 10.7. The zero-order chi connectivity index (χ0) is 15.2. The van der Waals surface area contributed by atoms with Gasteiger partial charge in [0.25, 0.3) is 0 Å². The number of aliphatic hydroxyl groups is 1. The second kappa shape index (κ2) is 4.81. The molecule has 0 saturated heterocycles. The van der Waals surface area contributed by atoms with E-state index in [-0.39, 0.29) is 23.2 Å². The van der Waals surface area contributed by atoms with Crippen molar-refractivity contribution < 1.29 is 9.84 Å². The van der Waals surface area contributed by atoms with Crippen LogP contribution in [0.2, 0.25) is 0 Å². The van der Waals surface area contributed by atoms with E-state index in [1.165, 1.54) is 10.7 Å². The van der Waals surface area contributed by atoms with Crippen LogP contribution in [0, 0.1) is 5.41 Å². The van der Waals surface area contributed by atoms with E-state index >= 15 is 0 Å². The smallest absolute Gasteiger partial charge is 0.223 e. The van der Waals surface area contributed by atoms with E-state index in [1.807, 2.05) is 30.3 Å². The summed E-state index contributed by atoms with van der Waals surface area (Å²) in [5.41, 5.74) is 0.899. The average molecular weight is 296 g/mol. The molecule has 5 nitrogen and oxygen atoms in total. The SMILES string of the molecule is O=c1ccn2c(c1OCc1ccccc1)C(O)C1(C=N2)CC1. The molecule has 1 aromatic heterocycles. The second-order valence-electron chi connectivity index (χ2n) is 5.89. The maximum atomic E-state index is 12.2. The number of aliphatic hydroxyl groups excluding tert-OH is 1. The van der Waals surface area contributed by atoms with Gasteiger partial charge in [-0.1, -0.05) is 30.3 Å². The molecule has 1 spiro atoms. The second-order valence-corrected chi connectivity index (χ2v) is 5.89. The van der Waals surface area contributed by atoms with Crippen molar-refractivity contribution in [3.63, 3.8) is 0 Å². The third-order valence-electron chi connectivity index (χ3n) is 4.37. The van der Waals surface area contributed by atoms with Gasteiger partial charge in [0.15, 0.2) is 5.75 Å². The molecule has 1 unspecified atom stereocenters. The highest BCUT2D eigenvalue weighted by Crippen LogP contribution is 2.55. The molecule has 1 atom stereocenters. The predicted molar refractivity (Wildman–Crippen MR) is 82.0 cm³/mol. The Hall–Kier alpha value is -2.40. The van der Waals surface area contributed by atoms with Gasteiger partial charge in [-0.25, -0.2) is 4.68 Å². The van der Waals surface area contributed by atoms with E-state index in [1.54, 1.807) is 12.4 Å². The van der Waals surface area contributed by atoms with Crippen LogP contribution in [0.4, 0.5) is 0 Å². The molecule has 22 heavy (non-hydrogen) atoms. The topological polar surface area (TPSA) is 63.8 Å². The van der Waals surface area contributed by atoms with Gasteiger partial charge in [-0.2, -0.15) is 5.10 Å². The standard InChI is InChI=1S/C17H16N2O3/c20-13-6-9-19-14(16(21)17(7-8-17)11-18-19)15(13)22-10-12-4-2-1-3-5-12/h1-6,9,11,16,21H,7-8,10H2. The lowest BCUT2D eigenvalue weighted by molar-refractivity contribution is 0.111. The number of aromatic nitrogens is 1. The summed E-state index contributed by atoms with van der Waals surface area (Å²) in [7, 11) is 0. The molecule has 1 aromatic carbocycles. The van der Waals surface area contributed by atoms with E-state index in [9.17, 15) is 9.90 Å². The quantitative estimate of drug-likeness (QED) is 0.943. The van der Waals surface area contributed by atoms with Crippen molar-refractivity contribution in [2.45, 2.75) is 25.6 Å². The van der Waals surface area contributed by atoms with Crippen molar-refractivity contribution in [3.8, 4) is 5.75 Å².